The van der Waals surface area contributed by atoms with Gasteiger partial charge in [0.2, 0.25) is 10.0 Å². The number of hydrogen-bond donors (Lipinski definition) is 1. The van der Waals surface area contributed by atoms with Gasteiger partial charge < -0.3 is 4.52 Å². The number of sulfonamides is 1. The average molecular weight is 273 g/mol. The van der Waals surface area contributed by atoms with E-state index in [1.165, 1.54) is 0 Å². The highest BCUT2D eigenvalue weighted by atomic mass is 32.2. The molecule has 2 rings (SSSR count). The number of aromatic nitrogens is 1. The number of primary sulfonamides is 1. The number of nitrogens with two attached hydrogens (primary N) is 1. The minimum absolute atomic E-state index is 0.00856. The van der Waals surface area contributed by atoms with E-state index in [-0.39, 0.29) is 11.8 Å². The van der Waals surface area contributed by atoms with Crippen LogP contribution in [-0.4, -0.2) is 36.8 Å². The molecule has 0 spiro atoms. The summed E-state index contributed by atoms with van der Waals surface area (Å²) in [5, 5.41) is 9.08. The maximum absolute atomic E-state index is 11.2. The van der Waals surface area contributed by atoms with Crippen molar-refractivity contribution in [2.75, 3.05) is 12.3 Å². The van der Waals surface area contributed by atoms with Gasteiger partial charge in [-0.2, -0.15) is 0 Å². The summed E-state index contributed by atoms with van der Waals surface area (Å²) in [7, 11) is -3.43. The van der Waals surface area contributed by atoms with E-state index in [0.717, 1.165) is 37.3 Å². The quantitative estimate of drug-likeness (QED) is 0.869. The lowest BCUT2D eigenvalue weighted by Crippen LogP contribution is -2.44. The SMILES string of the molecule is Cc1cc(CN2CCCCC2CS(N)(=O)=O)no1. The number of nitrogens with zero attached hydrogens (tertiary/aromatic N) is 2. The van der Waals surface area contributed by atoms with Crippen LogP contribution < -0.4 is 5.14 Å². The van der Waals surface area contributed by atoms with E-state index in [0.29, 0.717) is 6.54 Å². The van der Waals surface area contributed by atoms with Gasteiger partial charge in [0.25, 0.3) is 0 Å². The van der Waals surface area contributed by atoms with Gasteiger partial charge in [-0.1, -0.05) is 11.6 Å². The molecule has 2 heterocycles. The van der Waals surface area contributed by atoms with Gasteiger partial charge in [-0.05, 0) is 26.3 Å². The largest absolute Gasteiger partial charge is 0.361 e. The van der Waals surface area contributed by atoms with Crippen LogP contribution in [0.4, 0.5) is 0 Å². The summed E-state index contributed by atoms with van der Waals surface area (Å²) < 4.78 is 27.5. The Morgan fingerprint density at radius 3 is 2.94 bits per heavy atom. The molecule has 0 aromatic carbocycles. The van der Waals surface area contributed by atoms with Gasteiger partial charge >= 0.3 is 0 Å². The maximum Gasteiger partial charge on any atom is 0.210 e. The fourth-order valence-corrected chi connectivity index (χ4v) is 3.34. The monoisotopic (exact) mass is 273 g/mol. The molecule has 0 aliphatic carbocycles. The predicted octanol–water partition coefficient (Wildman–Crippen LogP) is 0.626. The third-order valence-electron chi connectivity index (χ3n) is 3.22. The summed E-state index contributed by atoms with van der Waals surface area (Å²) in [6, 6.07) is 1.87. The summed E-state index contributed by atoms with van der Waals surface area (Å²) in [6.45, 7) is 3.35. The summed E-state index contributed by atoms with van der Waals surface area (Å²) in [4.78, 5) is 2.13. The van der Waals surface area contributed by atoms with Gasteiger partial charge in [-0.15, -0.1) is 0 Å². The fourth-order valence-electron chi connectivity index (χ4n) is 2.43. The summed E-state index contributed by atoms with van der Waals surface area (Å²) in [5.41, 5.74) is 0.841. The van der Waals surface area contributed by atoms with E-state index in [2.05, 4.69) is 10.1 Å². The van der Waals surface area contributed by atoms with E-state index < -0.39 is 10.0 Å². The van der Waals surface area contributed by atoms with Crippen molar-refractivity contribution >= 4 is 10.0 Å². The number of likely N-dealkylation sites (tertiary alicyclic amines) is 1. The van der Waals surface area contributed by atoms with Crippen LogP contribution in [0.5, 0.6) is 0 Å². The van der Waals surface area contributed by atoms with E-state index >= 15 is 0 Å². The van der Waals surface area contributed by atoms with Gasteiger partial charge in [0.15, 0.2) is 0 Å². The molecule has 1 aliphatic heterocycles. The lowest BCUT2D eigenvalue weighted by Gasteiger charge is -2.34. The molecule has 0 bridgehead atoms. The minimum atomic E-state index is -3.43. The van der Waals surface area contributed by atoms with Gasteiger partial charge in [0.1, 0.15) is 5.76 Å². The van der Waals surface area contributed by atoms with E-state index in [1.54, 1.807) is 0 Å². The zero-order chi connectivity index (χ0) is 13.2. The Labute approximate surface area is 107 Å². The first kappa shape index (κ1) is 13.5. The molecular formula is C11H19N3O3S. The molecule has 102 valence electrons. The lowest BCUT2D eigenvalue weighted by molar-refractivity contribution is 0.150. The van der Waals surface area contributed by atoms with E-state index in [9.17, 15) is 8.42 Å². The molecule has 1 saturated heterocycles. The summed E-state index contributed by atoms with van der Waals surface area (Å²) in [5.74, 6) is 0.786. The second kappa shape index (κ2) is 5.38. The van der Waals surface area contributed by atoms with Crippen LogP contribution in [0.1, 0.15) is 30.7 Å². The van der Waals surface area contributed by atoms with Gasteiger partial charge in [0, 0.05) is 18.7 Å². The molecule has 1 aliphatic rings. The Hall–Kier alpha value is -0.920. The van der Waals surface area contributed by atoms with Crippen LogP contribution in [-0.2, 0) is 16.6 Å². The van der Waals surface area contributed by atoms with Gasteiger partial charge in [-0.3, -0.25) is 4.90 Å². The number of piperidine rings is 1. The minimum Gasteiger partial charge on any atom is -0.361 e. The molecule has 18 heavy (non-hydrogen) atoms. The molecule has 2 N–H and O–H groups in total. The Bertz CT molecular complexity index is 497. The second-order valence-corrected chi connectivity index (χ2v) is 6.54. The third-order valence-corrected chi connectivity index (χ3v) is 4.07. The molecule has 0 radical (unpaired) electrons. The van der Waals surface area contributed by atoms with Crippen LogP contribution in [0.15, 0.2) is 10.6 Å². The third kappa shape index (κ3) is 3.79. The number of hydrogen-bond acceptors (Lipinski definition) is 5. The average Bonchev–Trinajstić information content (AvgIpc) is 2.65. The normalized spacial score (nSPS) is 22.2. The maximum atomic E-state index is 11.2. The van der Waals surface area contributed by atoms with Crippen molar-refractivity contribution in [3.05, 3.63) is 17.5 Å². The Kier molecular flexibility index (Phi) is 4.04. The molecule has 1 aromatic heterocycles. The number of rotatable bonds is 4. The van der Waals surface area contributed by atoms with Crippen molar-refractivity contribution in [1.29, 1.82) is 0 Å². The van der Waals surface area contributed by atoms with Crippen LogP contribution in [0.3, 0.4) is 0 Å². The Morgan fingerprint density at radius 1 is 1.56 bits per heavy atom. The van der Waals surface area contributed by atoms with Crippen molar-refractivity contribution in [1.82, 2.24) is 10.1 Å². The molecule has 1 atom stereocenters. The number of aryl methyl sites for hydroxylation is 1. The zero-order valence-corrected chi connectivity index (χ0v) is 11.3. The van der Waals surface area contributed by atoms with Gasteiger partial charge in [-0.25, -0.2) is 13.6 Å². The van der Waals surface area contributed by atoms with Crippen molar-refractivity contribution < 1.29 is 12.9 Å². The smallest absolute Gasteiger partial charge is 0.210 e. The van der Waals surface area contributed by atoms with Crippen molar-refractivity contribution in [2.24, 2.45) is 5.14 Å². The topological polar surface area (TPSA) is 89.4 Å². The summed E-state index contributed by atoms with van der Waals surface area (Å²) >= 11 is 0. The molecule has 0 saturated carbocycles. The molecule has 6 nitrogen and oxygen atoms in total. The molecule has 1 unspecified atom stereocenters. The van der Waals surface area contributed by atoms with Crippen molar-refractivity contribution in [2.45, 2.75) is 38.8 Å². The highest BCUT2D eigenvalue weighted by Crippen LogP contribution is 2.20. The van der Waals surface area contributed by atoms with Crippen LogP contribution in [0.2, 0.25) is 0 Å². The second-order valence-electron chi connectivity index (χ2n) is 4.88. The Morgan fingerprint density at radius 2 is 2.33 bits per heavy atom. The molecule has 1 aromatic rings. The van der Waals surface area contributed by atoms with Gasteiger partial charge in [0.05, 0.1) is 11.4 Å². The summed E-state index contributed by atoms with van der Waals surface area (Å²) in [6.07, 6.45) is 3.00. The first-order chi connectivity index (χ1) is 8.44. The van der Waals surface area contributed by atoms with Crippen LogP contribution in [0, 0.1) is 6.92 Å². The zero-order valence-electron chi connectivity index (χ0n) is 10.5. The standard InChI is InChI=1S/C11H19N3O3S/c1-9-6-10(13-17-9)7-14-5-3-2-4-11(14)8-18(12,15)16/h6,11H,2-5,7-8H2,1H3,(H2,12,15,16). The predicted molar refractivity (Wildman–Crippen MR) is 67.3 cm³/mol. The van der Waals surface area contributed by atoms with Crippen molar-refractivity contribution in [3.8, 4) is 0 Å². The molecule has 7 heteroatoms. The highest BCUT2D eigenvalue weighted by Gasteiger charge is 2.26. The van der Waals surface area contributed by atoms with Crippen LogP contribution >= 0.6 is 0 Å². The first-order valence-electron chi connectivity index (χ1n) is 6.11. The van der Waals surface area contributed by atoms with Crippen LogP contribution in [0.25, 0.3) is 0 Å². The molecule has 1 fully saturated rings. The van der Waals surface area contributed by atoms with Crippen molar-refractivity contribution in [3.63, 3.8) is 0 Å². The molecule has 0 amide bonds. The molecular weight excluding hydrogens is 254 g/mol. The lowest BCUT2D eigenvalue weighted by atomic mass is 10.0. The highest BCUT2D eigenvalue weighted by molar-refractivity contribution is 7.89. The Balaban J connectivity index is 2.03. The first-order valence-corrected chi connectivity index (χ1v) is 7.82. The van der Waals surface area contributed by atoms with E-state index in [4.69, 9.17) is 9.66 Å². The van der Waals surface area contributed by atoms with E-state index in [1.807, 2.05) is 13.0 Å². The fraction of sp³-hybridized carbons (Fsp3) is 0.727.